The first kappa shape index (κ1) is 17.0. The Balaban J connectivity index is 1.73. The molecule has 1 fully saturated rings. The molecular weight excluding hydrogens is 326 g/mol. The highest BCUT2D eigenvalue weighted by Crippen LogP contribution is 2.22. The molecule has 1 aliphatic rings. The van der Waals surface area contributed by atoms with Gasteiger partial charge in [-0.05, 0) is 38.2 Å². The Bertz CT molecular complexity index is 740. The fourth-order valence-corrected chi connectivity index (χ4v) is 3.63. The van der Waals surface area contributed by atoms with Crippen molar-refractivity contribution in [3.05, 3.63) is 34.4 Å². The highest BCUT2D eigenvalue weighted by atomic mass is 35.5. The van der Waals surface area contributed by atoms with Gasteiger partial charge in [-0.25, -0.2) is 4.68 Å². The Morgan fingerprint density at radius 3 is 2.50 bits per heavy atom. The van der Waals surface area contributed by atoms with Crippen molar-refractivity contribution < 1.29 is 4.79 Å². The van der Waals surface area contributed by atoms with Crippen LogP contribution in [0, 0.1) is 25.7 Å². The molecule has 2 aromatic heterocycles. The molecule has 0 radical (unpaired) electrons. The molecule has 24 heavy (non-hydrogen) atoms. The number of hydrogen-bond acceptors (Lipinski definition) is 3. The molecule has 0 aromatic carbocycles. The van der Waals surface area contributed by atoms with Gasteiger partial charge < -0.3 is 4.90 Å². The van der Waals surface area contributed by atoms with Gasteiger partial charge in [-0.15, -0.1) is 0 Å². The first-order valence-corrected chi connectivity index (χ1v) is 8.75. The van der Waals surface area contributed by atoms with E-state index in [1.54, 1.807) is 15.4 Å². The topological polar surface area (TPSA) is 56.0 Å². The highest BCUT2D eigenvalue weighted by molar-refractivity contribution is 6.31. The summed E-state index contributed by atoms with van der Waals surface area (Å²) >= 11 is 6.18. The number of halogens is 1. The number of piperidine rings is 1. The molecule has 0 unspecified atom stereocenters. The second-order valence-electron chi connectivity index (χ2n) is 7.02. The molecule has 0 spiro atoms. The SMILES string of the molecule is Cc1nn(Cn2ccc(C(=O)N3C[C@@H](C)C[C@H](C)C3)n2)c(C)c1Cl. The normalized spacial score (nSPS) is 21.3. The lowest BCUT2D eigenvalue weighted by Gasteiger charge is -2.34. The van der Waals surface area contributed by atoms with E-state index < -0.39 is 0 Å². The predicted octanol–water partition coefficient (Wildman–Crippen LogP) is 2.97. The van der Waals surface area contributed by atoms with Crippen LogP contribution in [0.3, 0.4) is 0 Å². The number of carbonyl (C=O) groups is 1. The minimum atomic E-state index is 0.0125. The van der Waals surface area contributed by atoms with Crippen LogP contribution in [0.25, 0.3) is 0 Å². The van der Waals surface area contributed by atoms with E-state index >= 15 is 0 Å². The molecule has 6 nitrogen and oxygen atoms in total. The van der Waals surface area contributed by atoms with Crippen molar-refractivity contribution in [2.24, 2.45) is 11.8 Å². The molecule has 1 aliphatic heterocycles. The zero-order valence-electron chi connectivity index (χ0n) is 14.7. The van der Waals surface area contributed by atoms with Crippen molar-refractivity contribution in [2.75, 3.05) is 13.1 Å². The van der Waals surface area contributed by atoms with Crippen molar-refractivity contribution in [3.63, 3.8) is 0 Å². The third-order valence-corrected chi connectivity index (χ3v) is 5.13. The van der Waals surface area contributed by atoms with E-state index in [2.05, 4.69) is 24.0 Å². The summed E-state index contributed by atoms with van der Waals surface area (Å²) in [6.45, 7) is 10.3. The van der Waals surface area contributed by atoms with Gasteiger partial charge in [0.25, 0.3) is 5.91 Å². The van der Waals surface area contributed by atoms with Gasteiger partial charge in [-0.1, -0.05) is 25.4 Å². The van der Waals surface area contributed by atoms with E-state index in [0.29, 0.717) is 29.2 Å². The van der Waals surface area contributed by atoms with Gasteiger partial charge >= 0.3 is 0 Å². The Hall–Kier alpha value is -1.82. The summed E-state index contributed by atoms with van der Waals surface area (Å²) in [5.74, 6) is 1.09. The minimum Gasteiger partial charge on any atom is -0.337 e. The fourth-order valence-electron chi connectivity index (χ4n) is 3.50. The third-order valence-electron chi connectivity index (χ3n) is 4.59. The first-order chi connectivity index (χ1) is 11.3. The average molecular weight is 350 g/mol. The van der Waals surface area contributed by atoms with Gasteiger partial charge in [-0.2, -0.15) is 10.2 Å². The highest BCUT2D eigenvalue weighted by Gasteiger charge is 2.27. The summed E-state index contributed by atoms with van der Waals surface area (Å²) in [6, 6.07) is 1.78. The van der Waals surface area contributed by atoms with Crippen LogP contribution in [0.15, 0.2) is 12.3 Å². The molecule has 1 amide bonds. The smallest absolute Gasteiger partial charge is 0.274 e. The van der Waals surface area contributed by atoms with Crippen molar-refractivity contribution in [1.82, 2.24) is 24.5 Å². The molecule has 2 atom stereocenters. The van der Waals surface area contributed by atoms with E-state index in [9.17, 15) is 4.79 Å². The summed E-state index contributed by atoms with van der Waals surface area (Å²) in [6.07, 6.45) is 2.99. The predicted molar refractivity (Wildman–Crippen MR) is 93.2 cm³/mol. The average Bonchev–Trinajstić information content (AvgIpc) is 3.07. The van der Waals surface area contributed by atoms with Gasteiger partial charge in [0.1, 0.15) is 12.4 Å². The Morgan fingerprint density at radius 1 is 1.25 bits per heavy atom. The van der Waals surface area contributed by atoms with Crippen LogP contribution in [0.4, 0.5) is 0 Å². The minimum absolute atomic E-state index is 0.0125. The summed E-state index contributed by atoms with van der Waals surface area (Å²) in [7, 11) is 0. The van der Waals surface area contributed by atoms with Crippen LogP contribution in [-0.4, -0.2) is 43.5 Å². The maximum atomic E-state index is 12.7. The number of carbonyl (C=O) groups excluding carboxylic acids is 1. The molecule has 0 saturated carbocycles. The number of amides is 1. The molecule has 0 bridgehead atoms. The largest absolute Gasteiger partial charge is 0.337 e. The molecule has 3 heterocycles. The van der Waals surface area contributed by atoms with E-state index in [1.807, 2.05) is 24.9 Å². The summed E-state index contributed by atoms with van der Waals surface area (Å²) in [4.78, 5) is 14.6. The number of nitrogens with zero attached hydrogens (tertiary/aromatic N) is 5. The standard InChI is InChI=1S/C17H24ClN5O/c1-11-7-12(2)9-21(8-11)17(24)15-5-6-22(20-15)10-23-14(4)16(18)13(3)19-23/h5-6,11-12H,7-10H2,1-4H3/t11-,12-/m0/s1. The van der Waals surface area contributed by atoms with E-state index in [1.165, 1.54) is 6.42 Å². The van der Waals surface area contributed by atoms with Crippen molar-refractivity contribution in [1.29, 1.82) is 0 Å². The van der Waals surface area contributed by atoms with Gasteiger partial charge in [0.15, 0.2) is 0 Å². The summed E-state index contributed by atoms with van der Waals surface area (Å²) < 4.78 is 3.52. The first-order valence-electron chi connectivity index (χ1n) is 8.37. The lowest BCUT2D eigenvalue weighted by molar-refractivity contribution is 0.0616. The fraction of sp³-hybridized carbons (Fsp3) is 0.588. The van der Waals surface area contributed by atoms with Crippen LogP contribution in [-0.2, 0) is 6.67 Å². The molecule has 3 rings (SSSR count). The maximum absolute atomic E-state index is 12.7. The van der Waals surface area contributed by atoms with E-state index in [-0.39, 0.29) is 5.91 Å². The van der Waals surface area contributed by atoms with Crippen LogP contribution in [0.2, 0.25) is 5.02 Å². The molecule has 7 heteroatoms. The Labute approximate surface area is 147 Å². The molecule has 2 aromatic rings. The Morgan fingerprint density at radius 2 is 1.92 bits per heavy atom. The van der Waals surface area contributed by atoms with Crippen molar-refractivity contribution in [2.45, 2.75) is 40.8 Å². The molecule has 130 valence electrons. The van der Waals surface area contributed by atoms with Gasteiger partial charge in [0, 0.05) is 19.3 Å². The number of hydrogen-bond donors (Lipinski definition) is 0. The Kier molecular flexibility index (Phi) is 4.67. The maximum Gasteiger partial charge on any atom is 0.274 e. The van der Waals surface area contributed by atoms with Gasteiger partial charge in [-0.3, -0.25) is 9.48 Å². The van der Waals surface area contributed by atoms with Crippen LogP contribution >= 0.6 is 11.6 Å². The van der Waals surface area contributed by atoms with Crippen LogP contribution < -0.4 is 0 Å². The molecular formula is C17H24ClN5O. The van der Waals surface area contributed by atoms with E-state index in [4.69, 9.17) is 11.6 Å². The van der Waals surface area contributed by atoms with Gasteiger partial charge in [0.05, 0.1) is 16.4 Å². The zero-order valence-corrected chi connectivity index (χ0v) is 15.4. The monoisotopic (exact) mass is 349 g/mol. The lowest BCUT2D eigenvalue weighted by atomic mass is 9.92. The number of aromatic nitrogens is 4. The third kappa shape index (κ3) is 3.34. The quantitative estimate of drug-likeness (QED) is 0.856. The van der Waals surface area contributed by atoms with Crippen molar-refractivity contribution in [3.8, 4) is 0 Å². The van der Waals surface area contributed by atoms with E-state index in [0.717, 1.165) is 24.5 Å². The molecule has 0 aliphatic carbocycles. The number of aryl methyl sites for hydroxylation is 1. The second kappa shape index (κ2) is 6.59. The number of rotatable bonds is 3. The zero-order chi connectivity index (χ0) is 17.4. The summed E-state index contributed by atoms with van der Waals surface area (Å²) in [5.41, 5.74) is 2.19. The van der Waals surface area contributed by atoms with Crippen LogP contribution in [0.5, 0.6) is 0 Å². The number of likely N-dealkylation sites (tertiary alicyclic amines) is 1. The van der Waals surface area contributed by atoms with Crippen LogP contribution in [0.1, 0.15) is 42.1 Å². The summed E-state index contributed by atoms with van der Waals surface area (Å²) in [5, 5.41) is 9.51. The molecule has 0 N–H and O–H groups in total. The van der Waals surface area contributed by atoms with Gasteiger partial charge in [0.2, 0.25) is 0 Å². The van der Waals surface area contributed by atoms with Crippen molar-refractivity contribution >= 4 is 17.5 Å². The molecule has 1 saturated heterocycles. The lowest BCUT2D eigenvalue weighted by Crippen LogP contribution is -2.42. The second-order valence-corrected chi connectivity index (χ2v) is 7.40.